The number of hydrogen-bond acceptors (Lipinski definition) is 1. The second-order valence-corrected chi connectivity index (χ2v) is 3.79. The minimum absolute atomic E-state index is 0.640. The molecule has 0 spiro atoms. The van der Waals surface area contributed by atoms with E-state index in [1.807, 2.05) is 6.20 Å². The zero-order chi connectivity index (χ0) is 8.97. The predicted octanol–water partition coefficient (Wildman–Crippen LogP) is 3.53. The molecule has 2 heteroatoms. The van der Waals surface area contributed by atoms with Crippen molar-refractivity contribution >= 4 is 22.6 Å². The van der Waals surface area contributed by atoms with Gasteiger partial charge in [-0.3, -0.25) is 4.98 Å². The van der Waals surface area contributed by atoms with E-state index in [1.54, 1.807) is 0 Å². The third-order valence-corrected chi connectivity index (χ3v) is 2.95. The van der Waals surface area contributed by atoms with Crippen molar-refractivity contribution in [3.63, 3.8) is 0 Å². The SMILES string of the molecule is CCC(C)c1ccc(CI)nc1. The highest BCUT2D eigenvalue weighted by atomic mass is 127. The summed E-state index contributed by atoms with van der Waals surface area (Å²) in [6, 6.07) is 4.31. The van der Waals surface area contributed by atoms with Gasteiger partial charge in [0.25, 0.3) is 0 Å². The Labute approximate surface area is 87.7 Å². The van der Waals surface area contributed by atoms with Crippen molar-refractivity contribution in [3.05, 3.63) is 29.6 Å². The molecule has 0 saturated carbocycles. The van der Waals surface area contributed by atoms with Crippen molar-refractivity contribution < 1.29 is 0 Å². The summed E-state index contributed by atoms with van der Waals surface area (Å²) in [6.45, 7) is 4.44. The first kappa shape index (κ1) is 9.96. The lowest BCUT2D eigenvalue weighted by Gasteiger charge is -2.07. The fourth-order valence-electron chi connectivity index (χ4n) is 1.04. The van der Waals surface area contributed by atoms with Crippen LogP contribution in [0.3, 0.4) is 0 Å². The molecule has 1 aromatic heterocycles. The Balaban J connectivity index is 2.77. The van der Waals surface area contributed by atoms with Crippen molar-refractivity contribution in [3.8, 4) is 0 Å². The molecule has 12 heavy (non-hydrogen) atoms. The summed E-state index contributed by atoms with van der Waals surface area (Å²) >= 11 is 2.33. The molecule has 0 saturated heterocycles. The van der Waals surface area contributed by atoms with Gasteiger partial charge in [0.2, 0.25) is 0 Å². The van der Waals surface area contributed by atoms with Crippen LogP contribution in [0.15, 0.2) is 18.3 Å². The lowest BCUT2D eigenvalue weighted by atomic mass is 10.0. The van der Waals surface area contributed by atoms with E-state index in [9.17, 15) is 0 Å². The Morgan fingerprint density at radius 2 is 2.25 bits per heavy atom. The first-order chi connectivity index (χ1) is 5.77. The molecular formula is C10H14IN. The Kier molecular flexibility index (Phi) is 3.98. The fraction of sp³-hybridized carbons (Fsp3) is 0.500. The molecule has 0 radical (unpaired) electrons. The molecule has 0 aromatic carbocycles. The van der Waals surface area contributed by atoms with Crippen LogP contribution in [0.25, 0.3) is 0 Å². The van der Waals surface area contributed by atoms with Gasteiger partial charge in [0.05, 0.1) is 5.69 Å². The molecule has 0 aliphatic rings. The molecular weight excluding hydrogens is 261 g/mol. The molecule has 0 amide bonds. The zero-order valence-corrected chi connectivity index (χ0v) is 9.71. The topological polar surface area (TPSA) is 12.9 Å². The standard InChI is InChI=1S/C10H14IN/c1-3-8(2)9-4-5-10(6-11)12-7-9/h4-5,7-8H,3,6H2,1-2H3. The van der Waals surface area contributed by atoms with E-state index in [-0.39, 0.29) is 0 Å². The lowest BCUT2D eigenvalue weighted by molar-refractivity contribution is 0.728. The van der Waals surface area contributed by atoms with Crippen molar-refractivity contribution in [2.45, 2.75) is 30.6 Å². The molecule has 1 atom stereocenters. The van der Waals surface area contributed by atoms with E-state index in [2.05, 4.69) is 53.6 Å². The molecule has 66 valence electrons. The van der Waals surface area contributed by atoms with Crippen LogP contribution in [0.1, 0.15) is 37.4 Å². The van der Waals surface area contributed by atoms with E-state index in [0.717, 1.165) is 4.43 Å². The van der Waals surface area contributed by atoms with Crippen molar-refractivity contribution in [2.24, 2.45) is 0 Å². The molecule has 0 aliphatic carbocycles. The highest BCUT2D eigenvalue weighted by Crippen LogP contribution is 2.17. The minimum Gasteiger partial charge on any atom is -0.260 e. The summed E-state index contributed by atoms with van der Waals surface area (Å²) in [4.78, 5) is 4.36. The molecule has 1 rings (SSSR count). The highest BCUT2D eigenvalue weighted by Gasteiger charge is 2.02. The van der Waals surface area contributed by atoms with Crippen molar-refractivity contribution in [1.82, 2.24) is 4.98 Å². The van der Waals surface area contributed by atoms with Crippen LogP contribution in [-0.4, -0.2) is 4.98 Å². The lowest BCUT2D eigenvalue weighted by Crippen LogP contribution is -1.93. The van der Waals surface area contributed by atoms with Gasteiger partial charge in [-0.2, -0.15) is 0 Å². The van der Waals surface area contributed by atoms with Gasteiger partial charge >= 0.3 is 0 Å². The van der Waals surface area contributed by atoms with Crippen LogP contribution in [-0.2, 0) is 4.43 Å². The average Bonchev–Trinajstić information content (AvgIpc) is 2.17. The molecule has 1 unspecified atom stereocenters. The molecule has 0 N–H and O–H groups in total. The maximum Gasteiger partial charge on any atom is 0.0501 e. The van der Waals surface area contributed by atoms with E-state index < -0.39 is 0 Å². The van der Waals surface area contributed by atoms with Gasteiger partial charge in [0, 0.05) is 10.6 Å². The van der Waals surface area contributed by atoms with E-state index >= 15 is 0 Å². The summed E-state index contributed by atoms with van der Waals surface area (Å²) in [5.74, 6) is 0.640. The van der Waals surface area contributed by atoms with Gasteiger partial charge in [0.15, 0.2) is 0 Å². The van der Waals surface area contributed by atoms with E-state index in [0.29, 0.717) is 5.92 Å². The smallest absolute Gasteiger partial charge is 0.0501 e. The molecule has 0 bridgehead atoms. The largest absolute Gasteiger partial charge is 0.260 e. The van der Waals surface area contributed by atoms with Crippen molar-refractivity contribution in [1.29, 1.82) is 0 Å². The average molecular weight is 275 g/mol. The summed E-state index contributed by atoms with van der Waals surface area (Å²) in [7, 11) is 0. The zero-order valence-electron chi connectivity index (χ0n) is 7.55. The molecule has 1 nitrogen and oxygen atoms in total. The molecule has 1 heterocycles. The van der Waals surface area contributed by atoms with Crippen LogP contribution in [0.2, 0.25) is 0 Å². The predicted molar refractivity (Wildman–Crippen MR) is 60.7 cm³/mol. The van der Waals surface area contributed by atoms with Crippen LogP contribution < -0.4 is 0 Å². The van der Waals surface area contributed by atoms with Crippen LogP contribution in [0.5, 0.6) is 0 Å². The van der Waals surface area contributed by atoms with E-state index in [4.69, 9.17) is 0 Å². The third-order valence-electron chi connectivity index (χ3n) is 2.17. The second kappa shape index (κ2) is 4.80. The molecule has 0 fully saturated rings. The van der Waals surface area contributed by atoms with E-state index in [1.165, 1.54) is 17.7 Å². The van der Waals surface area contributed by atoms with Gasteiger partial charge in [-0.05, 0) is 24.0 Å². The second-order valence-electron chi connectivity index (χ2n) is 3.03. The normalized spacial score (nSPS) is 12.9. The first-order valence-corrected chi connectivity index (χ1v) is 5.81. The number of rotatable bonds is 3. The molecule has 1 aromatic rings. The first-order valence-electron chi connectivity index (χ1n) is 4.28. The minimum atomic E-state index is 0.640. The fourth-order valence-corrected chi connectivity index (χ4v) is 1.49. The number of halogens is 1. The third kappa shape index (κ3) is 2.44. The molecule has 0 aliphatic heterocycles. The Morgan fingerprint density at radius 3 is 2.67 bits per heavy atom. The highest BCUT2D eigenvalue weighted by molar-refractivity contribution is 14.1. The summed E-state index contributed by atoms with van der Waals surface area (Å²) < 4.78 is 0.999. The van der Waals surface area contributed by atoms with Gasteiger partial charge in [-0.1, -0.05) is 42.5 Å². The quantitative estimate of drug-likeness (QED) is 0.607. The Morgan fingerprint density at radius 1 is 1.50 bits per heavy atom. The summed E-state index contributed by atoms with van der Waals surface area (Å²) in [5.41, 5.74) is 2.52. The van der Waals surface area contributed by atoms with Gasteiger partial charge < -0.3 is 0 Å². The van der Waals surface area contributed by atoms with Gasteiger partial charge in [-0.25, -0.2) is 0 Å². The maximum absolute atomic E-state index is 4.36. The summed E-state index contributed by atoms with van der Waals surface area (Å²) in [5, 5.41) is 0. The number of aromatic nitrogens is 1. The van der Waals surface area contributed by atoms with Gasteiger partial charge in [0.1, 0.15) is 0 Å². The number of hydrogen-bond donors (Lipinski definition) is 0. The number of pyridine rings is 1. The van der Waals surface area contributed by atoms with Crippen LogP contribution in [0, 0.1) is 0 Å². The van der Waals surface area contributed by atoms with Crippen molar-refractivity contribution in [2.75, 3.05) is 0 Å². The monoisotopic (exact) mass is 275 g/mol. The Bertz CT molecular complexity index is 230. The number of nitrogens with zero attached hydrogens (tertiary/aromatic N) is 1. The number of alkyl halides is 1. The van der Waals surface area contributed by atoms with Crippen LogP contribution in [0.4, 0.5) is 0 Å². The van der Waals surface area contributed by atoms with Crippen LogP contribution >= 0.6 is 22.6 Å². The van der Waals surface area contributed by atoms with Gasteiger partial charge in [-0.15, -0.1) is 0 Å². The maximum atomic E-state index is 4.36. The summed E-state index contributed by atoms with van der Waals surface area (Å²) in [6.07, 6.45) is 3.19. The Hall–Kier alpha value is -0.120.